The lowest BCUT2D eigenvalue weighted by atomic mass is 9.97. The van der Waals surface area contributed by atoms with Crippen molar-refractivity contribution in [1.82, 2.24) is 15.1 Å². The Morgan fingerprint density at radius 1 is 1.19 bits per heavy atom. The summed E-state index contributed by atoms with van der Waals surface area (Å²) in [5.74, 6) is 1.81. The fourth-order valence-electron chi connectivity index (χ4n) is 4.27. The van der Waals surface area contributed by atoms with Gasteiger partial charge in [0.1, 0.15) is 11.9 Å². The van der Waals surface area contributed by atoms with Crippen LogP contribution in [-0.2, 0) is 4.79 Å². The van der Waals surface area contributed by atoms with E-state index in [4.69, 9.17) is 15.5 Å². The highest BCUT2D eigenvalue weighted by atomic mass is 127. The van der Waals surface area contributed by atoms with Crippen molar-refractivity contribution in [3.63, 3.8) is 0 Å². The molecule has 1 aromatic rings. The Labute approximate surface area is 203 Å². The Kier molecular flexibility index (Phi) is 11.4. The first-order chi connectivity index (χ1) is 14.7. The fraction of sp³-hybridized carbons (Fsp3) is 0.652. The lowest BCUT2D eigenvalue weighted by Crippen LogP contribution is -2.47. The zero-order chi connectivity index (χ0) is 21.2. The van der Waals surface area contributed by atoms with Gasteiger partial charge in [-0.15, -0.1) is 24.0 Å². The zero-order valence-electron chi connectivity index (χ0n) is 18.7. The number of nitrogens with two attached hydrogens (primary N) is 1. The molecule has 2 heterocycles. The monoisotopic (exact) mass is 543 g/mol. The number of halogens is 1. The van der Waals surface area contributed by atoms with Crippen LogP contribution in [0.1, 0.15) is 39.0 Å². The Hall–Kier alpha value is -1.55. The molecule has 3 rings (SSSR count). The van der Waals surface area contributed by atoms with Gasteiger partial charge in [-0.2, -0.15) is 0 Å². The van der Waals surface area contributed by atoms with Crippen LogP contribution >= 0.6 is 24.0 Å². The maximum Gasteiger partial charge on any atom is 0.221 e. The molecule has 2 saturated heterocycles. The van der Waals surface area contributed by atoms with Gasteiger partial charge in [-0.1, -0.05) is 18.2 Å². The number of benzene rings is 1. The van der Waals surface area contributed by atoms with E-state index in [1.807, 2.05) is 30.3 Å². The van der Waals surface area contributed by atoms with Crippen LogP contribution in [0.15, 0.2) is 35.3 Å². The van der Waals surface area contributed by atoms with Crippen LogP contribution in [0.3, 0.4) is 0 Å². The Bertz CT molecular complexity index is 680. The largest absolute Gasteiger partial charge is 0.490 e. The molecule has 2 aliphatic rings. The topological polar surface area (TPSA) is 83.2 Å². The number of ether oxygens (including phenoxy) is 1. The van der Waals surface area contributed by atoms with Gasteiger partial charge in [-0.3, -0.25) is 9.79 Å². The second-order valence-electron chi connectivity index (χ2n) is 8.25. The van der Waals surface area contributed by atoms with Crippen LogP contribution in [0.4, 0.5) is 0 Å². The summed E-state index contributed by atoms with van der Waals surface area (Å²) in [4.78, 5) is 21.0. The SMILES string of the molecule is CCNC(=NCCCN1CCCC(C(N)=O)C1)N1CCC(Oc2ccccc2)CC1.I. The van der Waals surface area contributed by atoms with Crippen molar-refractivity contribution < 1.29 is 9.53 Å². The summed E-state index contributed by atoms with van der Waals surface area (Å²) in [6, 6.07) is 10.1. The van der Waals surface area contributed by atoms with Crippen molar-refractivity contribution in [2.45, 2.75) is 45.1 Å². The number of aliphatic imine (C=N–C) groups is 1. The first-order valence-electron chi connectivity index (χ1n) is 11.4. The Balaban J connectivity index is 0.00000341. The first kappa shape index (κ1) is 25.7. The molecule has 2 aliphatic heterocycles. The normalized spacial score (nSPS) is 20.7. The molecule has 0 bridgehead atoms. The number of nitrogens with one attached hydrogen (secondary N) is 1. The summed E-state index contributed by atoms with van der Waals surface area (Å²) in [7, 11) is 0. The van der Waals surface area contributed by atoms with Crippen LogP contribution in [0, 0.1) is 5.92 Å². The molecule has 1 atom stereocenters. The number of carbonyl (C=O) groups is 1. The van der Waals surface area contributed by atoms with Gasteiger partial charge in [0.15, 0.2) is 5.96 Å². The van der Waals surface area contributed by atoms with E-state index in [-0.39, 0.29) is 41.9 Å². The van der Waals surface area contributed by atoms with Crippen molar-refractivity contribution in [3.05, 3.63) is 30.3 Å². The van der Waals surface area contributed by atoms with E-state index in [0.29, 0.717) is 0 Å². The molecule has 31 heavy (non-hydrogen) atoms. The summed E-state index contributed by atoms with van der Waals surface area (Å²) in [6.45, 7) is 8.51. The minimum absolute atomic E-state index is 0. The molecule has 1 amide bonds. The molecule has 1 aromatic carbocycles. The van der Waals surface area contributed by atoms with Gasteiger partial charge in [-0.25, -0.2) is 0 Å². The highest BCUT2D eigenvalue weighted by Gasteiger charge is 2.24. The summed E-state index contributed by atoms with van der Waals surface area (Å²) in [6.07, 6.45) is 5.25. The van der Waals surface area contributed by atoms with Gasteiger partial charge in [0, 0.05) is 45.6 Å². The maximum absolute atomic E-state index is 11.4. The number of likely N-dealkylation sites (tertiary alicyclic amines) is 2. The molecule has 8 heteroatoms. The van der Waals surface area contributed by atoms with Crippen LogP contribution in [0.5, 0.6) is 5.75 Å². The highest BCUT2D eigenvalue weighted by Crippen LogP contribution is 2.19. The summed E-state index contributed by atoms with van der Waals surface area (Å²) < 4.78 is 6.11. The van der Waals surface area contributed by atoms with Crippen LogP contribution < -0.4 is 15.8 Å². The van der Waals surface area contributed by atoms with Crippen LogP contribution in [0.25, 0.3) is 0 Å². The number of primary amides is 1. The number of hydrogen-bond donors (Lipinski definition) is 2. The average molecular weight is 543 g/mol. The van der Waals surface area contributed by atoms with Gasteiger partial charge in [-0.05, 0) is 51.4 Å². The van der Waals surface area contributed by atoms with Crippen molar-refractivity contribution in [3.8, 4) is 5.75 Å². The molecule has 0 aliphatic carbocycles. The number of piperidine rings is 2. The quantitative estimate of drug-likeness (QED) is 0.228. The molecule has 0 saturated carbocycles. The molecular weight excluding hydrogens is 505 g/mol. The number of nitrogens with zero attached hydrogens (tertiary/aromatic N) is 3. The minimum Gasteiger partial charge on any atom is -0.490 e. The predicted octanol–water partition coefficient (Wildman–Crippen LogP) is 2.70. The number of carbonyl (C=O) groups excluding carboxylic acids is 1. The van der Waals surface area contributed by atoms with Gasteiger partial charge in [0.2, 0.25) is 5.91 Å². The van der Waals surface area contributed by atoms with E-state index in [9.17, 15) is 4.79 Å². The summed E-state index contributed by atoms with van der Waals surface area (Å²) in [5.41, 5.74) is 5.48. The Morgan fingerprint density at radius 2 is 1.94 bits per heavy atom. The van der Waals surface area contributed by atoms with Gasteiger partial charge < -0.3 is 25.6 Å². The van der Waals surface area contributed by atoms with Gasteiger partial charge in [0.05, 0.1) is 5.92 Å². The van der Waals surface area contributed by atoms with Crippen LogP contribution in [0.2, 0.25) is 0 Å². The van der Waals surface area contributed by atoms with E-state index in [1.165, 1.54) is 0 Å². The van der Waals surface area contributed by atoms with Crippen molar-refractivity contribution in [2.24, 2.45) is 16.6 Å². The smallest absolute Gasteiger partial charge is 0.221 e. The molecule has 3 N–H and O–H groups in total. The number of para-hydroxylation sites is 1. The number of hydrogen-bond acceptors (Lipinski definition) is 4. The number of guanidine groups is 1. The first-order valence-corrected chi connectivity index (χ1v) is 11.4. The lowest BCUT2D eigenvalue weighted by Gasteiger charge is -2.34. The average Bonchev–Trinajstić information content (AvgIpc) is 2.77. The van der Waals surface area contributed by atoms with Crippen molar-refractivity contribution in [1.29, 1.82) is 0 Å². The zero-order valence-corrected chi connectivity index (χ0v) is 21.0. The van der Waals surface area contributed by atoms with Gasteiger partial charge >= 0.3 is 0 Å². The third-order valence-corrected chi connectivity index (χ3v) is 5.92. The Morgan fingerprint density at radius 3 is 2.61 bits per heavy atom. The van der Waals surface area contributed by atoms with E-state index in [1.54, 1.807) is 0 Å². The molecule has 1 unspecified atom stereocenters. The van der Waals surface area contributed by atoms with E-state index >= 15 is 0 Å². The van der Waals surface area contributed by atoms with E-state index < -0.39 is 0 Å². The van der Waals surface area contributed by atoms with Crippen molar-refractivity contribution in [2.75, 3.05) is 45.8 Å². The third kappa shape index (κ3) is 8.48. The van der Waals surface area contributed by atoms with E-state index in [2.05, 4.69) is 22.0 Å². The molecule has 0 spiro atoms. The van der Waals surface area contributed by atoms with E-state index in [0.717, 1.165) is 89.6 Å². The lowest BCUT2D eigenvalue weighted by molar-refractivity contribution is -0.123. The maximum atomic E-state index is 11.4. The molecule has 174 valence electrons. The summed E-state index contributed by atoms with van der Waals surface area (Å²) >= 11 is 0. The number of rotatable bonds is 8. The van der Waals surface area contributed by atoms with Crippen molar-refractivity contribution >= 4 is 35.8 Å². The summed E-state index contributed by atoms with van der Waals surface area (Å²) in [5, 5.41) is 3.44. The molecular formula is C23H38IN5O2. The molecule has 7 nitrogen and oxygen atoms in total. The second-order valence-corrected chi connectivity index (χ2v) is 8.25. The highest BCUT2D eigenvalue weighted by molar-refractivity contribution is 14.0. The van der Waals surface area contributed by atoms with Crippen LogP contribution in [-0.4, -0.2) is 73.6 Å². The number of amides is 1. The third-order valence-electron chi connectivity index (χ3n) is 5.92. The minimum atomic E-state index is -0.160. The second kappa shape index (κ2) is 13.8. The molecule has 2 fully saturated rings. The molecule has 0 radical (unpaired) electrons. The van der Waals surface area contributed by atoms with Gasteiger partial charge in [0.25, 0.3) is 0 Å². The predicted molar refractivity (Wildman–Crippen MR) is 136 cm³/mol. The standard InChI is InChI=1S/C23H37N5O2.HI/c1-2-25-23(26-13-7-15-27-14-6-8-19(18-27)22(24)29)28-16-11-21(12-17-28)30-20-9-4-3-5-10-20;/h3-5,9-10,19,21H,2,6-8,11-18H2,1H3,(H2,24,29)(H,25,26);1H. The molecule has 0 aromatic heterocycles. The fourth-order valence-corrected chi connectivity index (χ4v) is 4.27.